The molecule has 33 heavy (non-hydrogen) atoms. The van der Waals surface area contributed by atoms with Gasteiger partial charge in [-0.05, 0) is 69.9 Å². The average Bonchev–Trinajstić information content (AvgIpc) is 2.81. The van der Waals surface area contributed by atoms with Gasteiger partial charge in [-0.1, -0.05) is 35.9 Å². The van der Waals surface area contributed by atoms with Gasteiger partial charge in [0.25, 0.3) is 5.92 Å². The lowest BCUT2D eigenvalue weighted by atomic mass is 9.75. The Morgan fingerprint density at radius 3 is 2.39 bits per heavy atom. The Hall–Kier alpha value is -1.59. The van der Waals surface area contributed by atoms with Crippen molar-refractivity contribution in [3.63, 3.8) is 0 Å². The van der Waals surface area contributed by atoms with E-state index in [-0.39, 0.29) is 24.7 Å². The number of benzene rings is 1. The number of Topliss-reactive ketones (excluding diaryl/α,β-unsaturated/α-hetero) is 1. The van der Waals surface area contributed by atoms with Crippen LogP contribution in [-0.2, 0) is 4.79 Å². The number of hydrogen-bond acceptors (Lipinski definition) is 3. The molecule has 0 bridgehead atoms. The van der Waals surface area contributed by atoms with Gasteiger partial charge in [-0.15, -0.1) is 0 Å². The molecule has 1 aromatic rings. The highest BCUT2D eigenvalue weighted by atomic mass is 19.3. The number of alkyl halides is 2. The SMILES string of the molecule is Cc1ccc(C2CC=C(C(=O)CC3[C@@H](N4CCN(C(C)C)CC4)CCCC3(F)F)CC2)cc1. The van der Waals surface area contributed by atoms with Crippen molar-refractivity contribution >= 4 is 5.78 Å². The Bertz CT molecular complexity index is 840. The molecular formula is C28H40F2N2O. The van der Waals surface area contributed by atoms with E-state index in [0.717, 1.165) is 51.0 Å². The van der Waals surface area contributed by atoms with Crippen LogP contribution in [0.2, 0.25) is 0 Å². The van der Waals surface area contributed by atoms with Crippen LogP contribution in [0.1, 0.15) is 75.8 Å². The number of piperazine rings is 1. The fourth-order valence-corrected chi connectivity index (χ4v) is 6.08. The van der Waals surface area contributed by atoms with Gasteiger partial charge in [0.2, 0.25) is 0 Å². The van der Waals surface area contributed by atoms with Crippen LogP contribution >= 0.6 is 0 Å². The largest absolute Gasteiger partial charge is 0.298 e. The molecule has 3 aliphatic rings. The zero-order chi connectivity index (χ0) is 23.6. The molecule has 1 aromatic carbocycles. The topological polar surface area (TPSA) is 23.6 Å². The van der Waals surface area contributed by atoms with Crippen molar-refractivity contribution in [1.82, 2.24) is 9.80 Å². The lowest BCUT2D eigenvalue weighted by molar-refractivity contribution is -0.139. The van der Waals surface area contributed by atoms with Crippen molar-refractivity contribution in [3.8, 4) is 0 Å². The molecule has 1 saturated heterocycles. The Morgan fingerprint density at radius 2 is 1.79 bits per heavy atom. The van der Waals surface area contributed by atoms with Gasteiger partial charge in [0, 0.05) is 57.0 Å². The normalized spacial score (nSPS) is 29.2. The number of halogens is 2. The fourth-order valence-electron chi connectivity index (χ4n) is 6.08. The van der Waals surface area contributed by atoms with Crippen LogP contribution in [0.3, 0.4) is 0 Å². The van der Waals surface area contributed by atoms with Crippen molar-refractivity contribution in [2.45, 2.75) is 89.6 Å². The molecule has 5 heteroatoms. The van der Waals surface area contributed by atoms with Crippen molar-refractivity contribution in [3.05, 3.63) is 47.0 Å². The third kappa shape index (κ3) is 5.74. The lowest BCUT2D eigenvalue weighted by Gasteiger charge is -2.47. The molecule has 2 aliphatic carbocycles. The van der Waals surface area contributed by atoms with Crippen LogP contribution in [-0.4, -0.2) is 59.8 Å². The van der Waals surface area contributed by atoms with Gasteiger partial charge in [0.1, 0.15) is 0 Å². The zero-order valence-corrected chi connectivity index (χ0v) is 20.5. The van der Waals surface area contributed by atoms with E-state index >= 15 is 8.78 Å². The summed E-state index contributed by atoms with van der Waals surface area (Å²) in [6.07, 6.45) is 5.72. The molecular weight excluding hydrogens is 418 g/mol. The Labute approximate surface area is 198 Å². The molecule has 182 valence electrons. The standard InChI is InChI=1S/C28H40F2N2O/c1-20(2)31-15-17-32(18-16-31)26-5-4-14-28(29,30)25(26)19-27(33)24-12-10-23(11-13-24)22-8-6-21(3)7-9-22/h6-9,12,20,23,25-26H,4-5,10-11,13-19H2,1-3H3/t23?,25?,26-/m0/s1. The summed E-state index contributed by atoms with van der Waals surface area (Å²) in [5.74, 6) is -3.24. The molecule has 4 rings (SSSR count). The van der Waals surface area contributed by atoms with Crippen LogP contribution in [0.4, 0.5) is 8.78 Å². The molecule has 0 N–H and O–H groups in total. The highest BCUT2D eigenvalue weighted by Gasteiger charge is 2.49. The van der Waals surface area contributed by atoms with Crippen LogP contribution in [0.5, 0.6) is 0 Å². The minimum Gasteiger partial charge on any atom is -0.298 e. The summed E-state index contributed by atoms with van der Waals surface area (Å²) in [4.78, 5) is 17.9. The van der Waals surface area contributed by atoms with Gasteiger partial charge in [-0.25, -0.2) is 8.78 Å². The highest BCUT2D eigenvalue weighted by Crippen LogP contribution is 2.44. The van der Waals surface area contributed by atoms with Gasteiger partial charge < -0.3 is 0 Å². The number of carbonyl (C=O) groups excluding carboxylic acids is 1. The first kappa shape index (κ1) is 24.5. The number of allylic oxidation sites excluding steroid dienone is 2. The molecule has 0 aromatic heterocycles. The van der Waals surface area contributed by atoms with Crippen molar-refractivity contribution in [2.75, 3.05) is 26.2 Å². The predicted molar refractivity (Wildman–Crippen MR) is 130 cm³/mol. The minimum atomic E-state index is -2.76. The van der Waals surface area contributed by atoms with E-state index in [4.69, 9.17) is 0 Å². The van der Waals surface area contributed by atoms with E-state index in [9.17, 15) is 4.79 Å². The fraction of sp³-hybridized carbons (Fsp3) is 0.679. The molecule has 0 spiro atoms. The molecule has 0 radical (unpaired) electrons. The average molecular weight is 459 g/mol. The summed E-state index contributed by atoms with van der Waals surface area (Å²) >= 11 is 0. The summed E-state index contributed by atoms with van der Waals surface area (Å²) < 4.78 is 30.2. The molecule has 3 atom stereocenters. The number of carbonyl (C=O) groups is 1. The molecule has 1 saturated carbocycles. The Balaban J connectivity index is 1.40. The van der Waals surface area contributed by atoms with Crippen molar-refractivity contribution in [2.24, 2.45) is 5.92 Å². The lowest BCUT2D eigenvalue weighted by Crippen LogP contribution is -2.57. The van der Waals surface area contributed by atoms with Crippen LogP contribution in [0.25, 0.3) is 0 Å². The van der Waals surface area contributed by atoms with E-state index < -0.39 is 11.8 Å². The maximum absolute atomic E-state index is 15.1. The molecule has 2 unspecified atom stereocenters. The second kappa shape index (κ2) is 10.4. The molecule has 0 amide bonds. The second-order valence-corrected chi connectivity index (χ2v) is 10.7. The molecule has 3 nitrogen and oxygen atoms in total. The van der Waals surface area contributed by atoms with Gasteiger partial charge in [0.15, 0.2) is 5.78 Å². The van der Waals surface area contributed by atoms with Crippen LogP contribution in [0, 0.1) is 12.8 Å². The highest BCUT2D eigenvalue weighted by molar-refractivity contribution is 5.95. The maximum Gasteiger partial charge on any atom is 0.252 e. The van der Waals surface area contributed by atoms with Crippen molar-refractivity contribution < 1.29 is 13.6 Å². The molecule has 2 fully saturated rings. The Morgan fingerprint density at radius 1 is 1.09 bits per heavy atom. The van der Waals surface area contributed by atoms with Crippen LogP contribution in [0.15, 0.2) is 35.9 Å². The van der Waals surface area contributed by atoms with Gasteiger partial charge in [-0.2, -0.15) is 0 Å². The van der Waals surface area contributed by atoms with Crippen molar-refractivity contribution in [1.29, 1.82) is 0 Å². The number of ketones is 1. The summed E-state index contributed by atoms with van der Waals surface area (Å²) in [7, 11) is 0. The summed E-state index contributed by atoms with van der Waals surface area (Å²) in [6.45, 7) is 9.95. The second-order valence-electron chi connectivity index (χ2n) is 10.7. The van der Waals surface area contributed by atoms with E-state index in [1.807, 2.05) is 6.08 Å². The number of rotatable bonds is 6. The first-order valence-corrected chi connectivity index (χ1v) is 12.9. The van der Waals surface area contributed by atoms with Crippen LogP contribution < -0.4 is 0 Å². The van der Waals surface area contributed by atoms with Gasteiger partial charge >= 0.3 is 0 Å². The maximum atomic E-state index is 15.1. The van der Waals surface area contributed by atoms with E-state index in [0.29, 0.717) is 24.8 Å². The number of hydrogen-bond donors (Lipinski definition) is 0. The zero-order valence-electron chi connectivity index (χ0n) is 20.5. The van der Waals surface area contributed by atoms with Gasteiger partial charge in [-0.3, -0.25) is 14.6 Å². The smallest absolute Gasteiger partial charge is 0.252 e. The van der Waals surface area contributed by atoms with E-state index in [1.54, 1.807) is 0 Å². The molecule has 1 aliphatic heterocycles. The summed E-state index contributed by atoms with van der Waals surface area (Å²) in [5.41, 5.74) is 3.33. The van der Waals surface area contributed by atoms with E-state index in [1.165, 1.54) is 11.1 Å². The number of nitrogens with zero attached hydrogens (tertiary/aromatic N) is 2. The van der Waals surface area contributed by atoms with Gasteiger partial charge in [0.05, 0.1) is 0 Å². The summed E-state index contributed by atoms with van der Waals surface area (Å²) in [5, 5.41) is 0. The Kier molecular flexibility index (Phi) is 7.69. The van der Waals surface area contributed by atoms with E-state index in [2.05, 4.69) is 54.8 Å². The quantitative estimate of drug-likeness (QED) is 0.524. The summed E-state index contributed by atoms with van der Waals surface area (Å²) in [6, 6.07) is 8.91. The predicted octanol–water partition coefficient (Wildman–Crippen LogP) is 5.98. The monoisotopic (exact) mass is 458 g/mol. The first-order chi connectivity index (χ1) is 15.7. The third-order valence-corrected chi connectivity index (χ3v) is 8.29. The third-order valence-electron chi connectivity index (χ3n) is 8.29. The number of aryl methyl sites for hydroxylation is 1. The molecule has 1 heterocycles. The first-order valence-electron chi connectivity index (χ1n) is 12.9. The minimum absolute atomic E-state index is 0.0108.